The number of rotatable bonds is 4. The van der Waals surface area contributed by atoms with Crippen molar-refractivity contribution < 1.29 is 19.4 Å². The first-order chi connectivity index (χ1) is 15.0. The van der Waals surface area contributed by atoms with Gasteiger partial charge in [0, 0.05) is 23.1 Å². The number of aliphatic hydroxyl groups is 1. The molecule has 6 nitrogen and oxygen atoms in total. The van der Waals surface area contributed by atoms with E-state index in [0.29, 0.717) is 17.9 Å². The molecule has 4 heterocycles. The largest absolute Gasteiger partial charge is 0.507 e. The van der Waals surface area contributed by atoms with Crippen molar-refractivity contribution in [3.8, 4) is 5.75 Å². The number of aryl methyl sites for hydroxylation is 1. The minimum atomic E-state index is -0.678. The van der Waals surface area contributed by atoms with Crippen LogP contribution in [0, 0.1) is 6.92 Å². The highest BCUT2D eigenvalue weighted by molar-refractivity contribution is 7.10. The molecule has 3 aromatic rings. The van der Waals surface area contributed by atoms with E-state index < -0.39 is 17.7 Å². The number of fused-ring (bicyclic) bond motifs is 1. The molecular weight excluding hydrogens is 412 g/mol. The van der Waals surface area contributed by atoms with Crippen molar-refractivity contribution in [1.82, 2.24) is 9.88 Å². The smallest absolute Gasteiger partial charge is 0.296 e. The second-order valence-corrected chi connectivity index (χ2v) is 8.58. The molecule has 0 radical (unpaired) electrons. The highest BCUT2D eigenvalue weighted by Crippen LogP contribution is 2.43. The van der Waals surface area contributed by atoms with Crippen molar-refractivity contribution in [2.45, 2.75) is 25.9 Å². The molecule has 2 aliphatic rings. The van der Waals surface area contributed by atoms with Gasteiger partial charge in [-0.15, -0.1) is 11.3 Å². The molecule has 2 aromatic heterocycles. The molecule has 5 rings (SSSR count). The van der Waals surface area contributed by atoms with Gasteiger partial charge < -0.3 is 14.7 Å². The maximum atomic E-state index is 13.1. The first-order valence-corrected chi connectivity index (χ1v) is 10.9. The van der Waals surface area contributed by atoms with E-state index in [1.807, 2.05) is 36.6 Å². The van der Waals surface area contributed by atoms with Gasteiger partial charge in [0.25, 0.3) is 11.7 Å². The zero-order valence-electron chi connectivity index (χ0n) is 16.9. The van der Waals surface area contributed by atoms with E-state index in [2.05, 4.69) is 4.98 Å². The Morgan fingerprint density at radius 3 is 2.87 bits per heavy atom. The number of hydrogen-bond donors (Lipinski definition) is 1. The summed E-state index contributed by atoms with van der Waals surface area (Å²) >= 11 is 1.47. The Morgan fingerprint density at radius 2 is 2.13 bits per heavy atom. The molecule has 7 heteroatoms. The van der Waals surface area contributed by atoms with Crippen LogP contribution < -0.4 is 4.74 Å². The van der Waals surface area contributed by atoms with E-state index in [1.165, 1.54) is 16.2 Å². The number of likely N-dealkylation sites (tertiary alicyclic amines) is 1. The number of benzene rings is 1. The van der Waals surface area contributed by atoms with Crippen LogP contribution in [0.5, 0.6) is 5.75 Å². The van der Waals surface area contributed by atoms with Gasteiger partial charge in [-0.1, -0.05) is 6.07 Å². The minimum Gasteiger partial charge on any atom is -0.507 e. The number of ether oxygens (including phenoxy) is 1. The van der Waals surface area contributed by atoms with Gasteiger partial charge in [0.2, 0.25) is 0 Å². The molecular formula is C24H20N2O4S. The lowest BCUT2D eigenvalue weighted by molar-refractivity contribution is -0.140. The molecule has 1 amide bonds. The van der Waals surface area contributed by atoms with E-state index in [-0.39, 0.29) is 17.9 Å². The predicted octanol–water partition coefficient (Wildman–Crippen LogP) is 4.01. The van der Waals surface area contributed by atoms with Gasteiger partial charge in [-0.05, 0) is 59.8 Å². The fourth-order valence-electron chi connectivity index (χ4n) is 4.14. The zero-order valence-corrected chi connectivity index (χ0v) is 17.7. The van der Waals surface area contributed by atoms with Crippen LogP contribution in [0.15, 0.2) is 59.6 Å². The van der Waals surface area contributed by atoms with Crippen molar-refractivity contribution >= 4 is 28.8 Å². The van der Waals surface area contributed by atoms with Gasteiger partial charge in [-0.2, -0.15) is 0 Å². The van der Waals surface area contributed by atoms with E-state index in [1.54, 1.807) is 24.4 Å². The SMILES string of the molecule is Cc1ccsc1C1/C(=C(/O)c2ccc3c(c2)CCO3)C(=O)C(=O)N1Cc1ccccn1. The molecule has 156 valence electrons. The third-order valence-corrected chi connectivity index (χ3v) is 6.78. The number of Topliss-reactive ketones (excluding diaryl/α,β-unsaturated/α-hetero) is 1. The first kappa shape index (κ1) is 19.5. The number of pyridine rings is 1. The topological polar surface area (TPSA) is 79.7 Å². The first-order valence-electron chi connectivity index (χ1n) is 10.0. The van der Waals surface area contributed by atoms with Gasteiger partial charge >= 0.3 is 0 Å². The Bertz CT molecular complexity index is 1220. The molecule has 1 fully saturated rings. The lowest BCUT2D eigenvalue weighted by atomic mass is 9.97. The number of carbonyl (C=O) groups excluding carboxylic acids is 2. The number of aliphatic hydroxyl groups excluding tert-OH is 1. The van der Waals surface area contributed by atoms with E-state index in [9.17, 15) is 14.7 Å². The van der Waals surface area contributed by atoms with Gasteiger partial charge in [-0.3, -0.25) is 14.6 Å². The summed E-state index contributed by atoms with van der Waals surface area (Å²) in [4.78, 5) is 32.9. The molecule has 0 saturated carbocycles. The van der Waals surface area contributed by atoms with Gasteiger partial charge in [0.15, 0.2) is 0 Å². The quantitative estimate of drug-likeness (QED) is 0.383. The van der Waals surface area contributed by atoms with Gasteiger partial charge in [-0.25, -0.2) is 0 Å². The van der Waals surface area contributed by atoms with Crippen molar-refractivity contribution in [3.05, 3.63) is 86.9 Å². The molecule has 1 saturated heterocycles. The average Bonchev–Trinajstić information content (AvgIpc) is 3.48. The number of thiophene rings is 1. The summed E-state index contributed by atoms with van der Waals surface area (Å²) < 4.78 is 5.54. The third-order valence-electron chi connectivity index (χ3n) is 5.71. The van der Waals surface area contributed by atoms with Crippen LogP contribution in [0.1, 0.15) is 33.3 Å². The summed E-state index contributed by atoms with van der Waals surface area (Å²) in [6, 6.07) is 12.1. The van der Waals surface area contributed by atoms with Crippen LogP contribution in [0.4, 0.5) is 0 Å². The molecule has 0 aliphatic carbocycles. The Labute approximate surface area is 183 Å². The summed E-state index contributed by atoms with van der Waals surface area (Å²) in [5, 5.41) is 13.1. The standard InChI is InChI=1S/C24H20N2O4S/c1-14-8-11-31-23(14)20-19(21(27)16-5-6-18-15(12-16)7-10-30-18)22(28)24(29)26(20)13-17-4-2-3-9-25-17/h2-6,8-9,11-12,20,27H,7,10,13H2,1H3/b21-19-. The summed E-state index contributed by atoms with van der Waals surface area (Å²) in [5.74, 6) is -0.676. The molecule has 1 aromatic carbocycles. The van der Waals surface area contributed by atoms with E-state index in [0.717, 1.165) is 28.2 Å². The third kappa shape index (κ3) is 3.31. The lowest BCUT2D eigenvalue weighted by Crippen LogP contribution is -2.29. The number of hydrogen-bond acceptors (Lipinski definition) is 6. The molecule has 1 unspecified atom stereocenters. The van der Waals surface area contributed by atoms with E-state index in [4.69, 9.17) is 4.74 Å². The summed E-state index contributed by atoms with van der Waals surface area (Å²) in [6.07, 6.45) is 2.40. The summed E-state index contributed by atoms with van der Waals surface area (Å²) in [5.41, 5.74) is 3.26. The van der Waals surface area contributed by atoms with Crippen molar-refractivity contribution in [1.29, 1.82) is 0 Å². The van der Waals surface area contributed by atoms with Crippen LogP contribution in [0.25, 0.3) is 5.76 Å². The average molecular weight is 433 g/mol. The zero-order chi connectivity index (χ0) is 21.5. The fourth-order valence-corrected chi connectivity index (χ4v) is 5.18. The maximum absolute atomic E-state index is 13.1. The predicted molar refractivity (Wildman–Crippen MR) is 117 cm³/mol. The Hall–Kier alpha value is -3.45. The van der Waals surface area contributed by atoms with Gasteiger partial charge in [0.05, 0.1) is 24.4 Å². The van der Waals surface area contributed by atoms with Crippen LogP contribution in [0.3, 0.4) is 0 Å². The number of carbonyl (C=O) groups is 2. The number of amides is 1. The van der Waals surface area contributed by atoms with Crippen molar-refractivity contribution in [3.63, 3.8) is 0 Å². The highest BCUT2D eigenvalue weighted by Gasteiger charge is 2.47. The van der Waals surface area contributed by atoms with Crippen molar-refractivity contribution in [2.24, 2.45) is 0 Å². The molecule has 2 aliphatic heterocycles. The summed E-state index contributed by atoms with van der Waals surface area (Å²) in [6.45, 7) is 2.73. The number of aromatic nitrogens is 1. The van der Waals surface area contributed by atoms with Crippen LogP contribution in [-0.4, -0.2) is 33.3 Å². The molecule has 0 spiro atoms. The van der Waals surface area contributed by atoms with Crippen LogP contribution >= 0.6 is 11.3 Å². The second-order valence-electron chi connectivity index (χ2n) is 7.64. The molecule has 1 atom stereocenters. The molecule has 31 heavy (non-hydrogen) atoms. The van der Waals surface area contributed by atoms with Gasteiger partial charge in [0.1, 0.15) is 17.6 Å². The lowest BCUT2D eigenvalue weighted by Gasteiger charge is -2.24. The monoisotopic (exact) mass is 432 g/mol. The molecule has 0 bridgehead atoms. The second kappa shape index (κ2) is 7.67. The highest BCUT2D eigenvalue weighted by atomic mass is 32.1. The Morgan fingerprint density at radius 1 is 1.26 bits per heavy atom. The number of ketones is 1. The van der Waals surface area contributed by atoms with Crippen LogP contribution in [0.2, 0.25) is 0 Å². The summed E-state index contributed by atoms with van der Waals surface area (Å²) in [7, 11) is 0. The molecule has 1 N–H and O–H groups in total. The normalized spacial score (nSPS) is 19.5. The Balaban J connectivity index is 1.64. The Kier molecular flexibility index (Phi) is 4.82. The minimum absolute atomic E-state index is 0.116. The fraction of sp³-hybridized carbons (Fsp3) is 0.208. The van der Waals surface area contributed by atoms with Crippen LogP contribution in [-0.2, 0) is 22.6 Å². The maximum Gasteiger partial charge on any atom is 0.296 e. The van der Waals surface area contributed by atoms with Crippen molar-refractivity contribution in [2.75, 3.05) is 6.61 Å². The van der Waals surface area contributed by atoms with E-state index >= 15 is 0 Å². The number of nitrogens with zero attached hydrogens (tertiary/aromatic N) is 2.